The summed E-state index contributed by atoms with van der Waals surface area (Å²) in [4.78, 5) is 11.3. The SMILES string of the molecule is O=C(C=CC1CC=CCC1)NC1CC1. The highest BCUT2D eigenvalue weighted by Gasteiger charge is 2.22. The molecule has 2 heteroatoms. The third-order valence-electron chi connectivity index (χ3n) is 2.75. The Kier molecular flexibility index (Phi) is 3.02. The van der Waals surface area contributed by atoms with E-state index in [1.54, 1.807) is 6.08 Å². The van der Waals surface area contributed by atoms with Gasteiger partial charge in [0.1, 0.15) is 0 Å². The molecule has 0 aromatic rings. The van der Waals surface area contributed by atoms with E-state index in [2.05, 4.69) is 23.5 Å². The minimum Gasteiger partial charge on any atom is -0.350 e. The highest BCUT2D eigenvalue weighted by atomic mass is 16.1. The van der Waals surface area contributed by atoms with Crippen LogP contribution in [-0.4, -0.2) is 11.9 Å². The fourth-order valence-electron chi connectivity index (χ4n) is 1.69. The van der Waals surface area contributed by atoms with Crippen molar-refractivity contribution in [3.63, 3.8) is 0 Å². The number of carbonyl (C=O) groups is 1. The smallest absolute Gasteiger partial charge is 0.243 e. The predicted molar refractivity (Wildman–Crippen MR) is 56.8 cm³/mol. The topological polar surface area (TPSA) is 29.1 Å². The van der Waals surface area contributed by atoms with Crippen LogP contribution < -0.4 is 5.32 Å². The third-order valence-corrected chi connectivity index (χ3v) is 2.75. The molecule has 2 aliphatic carbocycles. The Bertz CT molecular complexity index is 263. The first-order valence-corrected chi connectivity index (χ1v) is 5.48. The minimum atomic E-state index is 0.0852. The highest BCUT2D eigenvalue weighted by Crippen LogP contribution is 2.20. The van der Waals surface area contributed by atoms with Crippen molar-refractivity contribution in [2.75, 3.05) is 0 Å². The zero-order chi connectivity index (χ0) is 9.80. The van der Waals surface area contributed by atoms with E-state index in [0.29, 0.717) is 12.0 Å². The Hall–Kier alpha value is -1.05. The molecule has 1 atom stereocenters. The molecule has 1 amide bonds. The molecule has 76 valence electrons. The molecule has 1 saturated carbocycles. The van der Waals surface area contributed by atoms with E-state index < -0.39 is 0 Å². The van der Waals surface area contributed by atoms with Crippen LogP contribution in [0.4, 0.5) is 0 Å². The molecule has 0 spiro atoms. The summed E-state index contributed by atoms with van der Waals surface area (Å²) in [5, 5.41) is 2.95. The number of allylic oxidation sites excluding steroid dienone is 3. The number of nitrogens with one attached hydrogen (secondary N) is 1. The molecule has 2 aliphatic rings. The van der Waals surface area contributed by atoms with E-state index in [0.717, 1.165) is 25.7 Å². The summed E-state index contributed by atoms with van der Waals surface area (Å²) in [6.45, 7) is 0. The van der Waals surface area contributed by atoms with Crippen molar-refractivity contribution < 1.29 is 4.79 Å². The second-order valence-electron chi connectivity index (χ2n) is 4.19. The van der Waals surface area contributed by atoms with Gasteiger partial charge in [-0.05, 0) is 44.1 Å². The van der Waals surface area contributed by atoms with Gasteiger partial charge in [0.25, 0.3) is 0 Å². The fourth-order valence-corrected chi connectivity index (χ4v) is 1.69. The normalized spacial score (nSPS) is 26.7. The second-order valence-corrected chi connectivity index (χ2v) is 4.19. The Labute approximate surface area is 85.1 Å². The number of hydrogen-bond donors (Lipinski definition) is 1. The Morgan fingerprint density at radius 2 is 2.14 bits per heavy atom. The van der Waals surface area contributed by atoms with Crippen molar-refractivity contribution in [1.29, 1.82) is 0 Å². The highest BCUT2D eigenvalue weighted by molar-refractivity contribution is 5.87. The lowest BCUT2D eigenvalue weighted by Gasteiger charge is -2.12. The fraction of sp³-hybridized carbons (Fsp3) is 0.583. The number of rotatable bonds is 3. The molecule has 1 unspecified atom stereocenters. The number of amides is 1. The van der Waals surface area contributed by atoms with Gasteiger partial charge in [0.05, 0.1) is 0 Å². The van der Waals surface area contributed by atoms with Gasteiger partial charge in [-0.3, -0.25) is 4.79 Å². The lowest BCUT2D eigenvalue weighted by atomic mass is 9.94. The van der Waals surface area contributed by atoms with Crippen LogP contribution in [-0.2, 0) is 4.79 Å². The number of carbonyl (C=O) groups excluding carboxylic acids is 1. The summed E-state index contributed by atoms with van der Waals surface area (Å²) in [5.41, 5.74) is 0. The molecule has 14 heavy (non-hydrogen) atoms. The lowest BCUT2D eigenvalue weighted by Crippen LogP contribution is -2.23. The maximum atomic E-state index is 11.3. The van der Waals surface area contributed by atoms with E-state index in [9.17, 15) is 4.79 Å². The predicted octanol–water partition coefficient (Wildman–Crippen LogP) is 2.18. The molecular formula is C12H17NO. The van der Waals surface area contributed by atoms with Gasteiger partial charge in [-0.1, -0.05) is 18.2 Å². The van der Waals surface area contributed by atoms with Crippen LogP contribution in [0.15, 0.2) is 24.3 Å². The van der Waals surface area contributed by atoms with Crippen LogP contribution in [0.2, 0.25) is 0 Å². The third kappa shape index (κ3) is 3.02. The molecule has 2 rings (SSSR count). The van der Waals surface area contributed by atoms with Crippen molar-refractivity contribution in [2.45, 2.75) is 38.1 Å². The van der Waals surface area contributed by atoms with Crippen LogP contribution in [0.5, 0.6) is 0 Å². The average Bonchev–Trinajstić information content (AvgIpc) is 3.00. The van der Waals surface area contributed by atoms with Gasteiger partial charge in [0.2, 0.25) is 5.91 Å². The summed E-state index contributed by atoms with van der Waals surface area (Å²) in [6, 6.07) is 0.471. The van der Waals surface area contributed by atoms with Crippen LogP contribution in [0.25, 0.3) is 0 Å². The van der Waals surface area contributed by atoms with Gasteiger partial charge in [-0.2, -0.15) is 0 Å². The van der Waals surface area contributed by atoms with Gasteiger partial charge in [0.15, 0.2) is 0 Å². The second kappa shape index (κ2) is 4.45. The maximum Gasteiger partial charge on any atom is 0.243 e. The molecule has 0 bridgehead atoms. The van der Waals surface area contributed by atoms with E-state index in [-0.39, 0.29) is 5.91 Å². The molecule has 1 fully saturated rings. The van der Waals surface area contributed by atoms with Gasteiger partial charge in [0, 0.05) is 6.04 Å². The molecular weight excluding hydrogens is 174 g/mol. The molecule has 0 heterocycles. The van der Waals surface area contributed by atoms with E-state index in [1.165, 1.54) is 6.42 Å². The molecule has 0 radical (unpaired) electrons. The van der Waals surface area contributed by atoms with Crippen molar-refractivity contribution in [2.24, 2.45) is 5.92 Å². The Balaban J connectivity index is 1.73. The van der Waals surface area contributed by atoms with E-state index >= 15 is 0 Å². The summed E-state index contributed by atoms with van der Waals surface area (Å²) >= 11 is 0. The molecule has 2 nitrogen and oxygen atoms in total. The lowest BCUT2D eigenvalue weighted by molar-refractivity contribution is -0.116. The minimum absolute atomic E-state index is 0.0852. The van der Waals surface area contributed by atoms with Gasteiger partial charge in [-0.25, -0.2) is 0 Å². The summed E-state index contributed by atoms with van der Waals surface area (Å²) in [6.07, 6.45) is 13.9. The molecule has 0 aromatic carbocycles. The first kappa shape index (κ1) is 9.50. The molecule has 0 saturated heterocycles. The first-order valence-electron chi connectivity index (χ1n) is 5.48. The van der Waals surface area contributed by atoms with Gasteiger partial charge in [-0.15, -0.1) is 0 Å². The average molecular weight is 191 g/mol. The molecule has 1 N–H and O–H groups in total. The zero-order valence-electron chi connectivity index (χ0n) is 8.41. The zero-order valence-corrected chi connectivity index (χ0v) is 8.41. The molecule has 0 aromatic heterocycles. The Morgan fingerprint density at radius 1 is 1.29 bits per heavy atom. The van der Waals surface area contributed by atoms with Gasteiger partial charge >= 0.3 is 0 Å². The number of hydrogen-bond acceptors (Lipinski definition) is 1. The van der Waals surface area contributed by atoms with Crippen LogP contribution in [0.1, 0.15) is 32.1 Å². The van der Waals surface area contributed by atoms with Crippen molar-refractivity contribution in [3.05, 3.63) is 24.3 Å². The van der Waals surface area contributed by atoms with Crippen molar-refractivity contribution in [1.82, 2.24) is 5.32 Å². The van der Waals surface area contributed by atoms with Gasteiger partial charge < -0.3 is 5.32 Å². The van der Waals surface area contributed by atoms with Crippen LogP contribution >= 0.6 is 0 Å². The van der Waals surface area contributed by atoms with Crippen LogP contribution in [0.3, 0.4) is 0 Å². The van der Waals surface area contributed by atoms with Crippen molar-refractivity contribution in [3.8, 4) is 0 Å². The summed E-state index contributed by atoms with van der Waals surface area (Å²) in [5.74, 6) is 0.659. The summed E-state index contributed by atoms with van der Waals surface area (Å²) in [7, 11) is 0. The monoisotopic (exact) mass is 191 g/mol. The standard InChI is InChI=1S/C12H17NO/c14-12(13-11-7-8-11)9-6-10-4-2-1-3-5-10/h1-2,6,9-11H,3-5,7-8H2,(H,13,14). The van der Waals surface area contributed by atoms with Crippen LogP contribution in [0, 0.1) is 5.92 Å². The largest absolute Gasteiger partial charge is 0.350 e. The van der Waals surface area contributed by atoms with Crippen molar-refractivity contribution >= 4 is 5.91 Å². The van der Waals surface area contributed by atoms with E-state index in [1.807, 2.05) is 0 Å². The maximum absolute atomic E-state index is 11.3. The molecule has 0 aliphatic heterocycles. The van der Waals surface area contributed by atoms with E-state index in [4.69, 9.17) is 0 Å². The first-order chi connectivity index (χ1) is 6.84. The summed E-state index contributed by atoms with van der Waals surface area (Å²) < 4.78 is 0. The quantitative estimate of drug-likeness (QED) is 0.537. The Morgan fingerprint density at radius 3 is 2.79 bits per heavy atom.